The normalized spacial score (nSPS) is 11.1. The number of fused-ring (bicyclic) bond motifs is 2. The molecule has 4 heteroatoms. The van der Waals surface area contributed by atoms with Crippen molar-refractivity contribution in [2.75, 3.05) is 0 Å². The van der Waals surface area contributed by atoms with E-state index in [0.29, 0.717) is 17.5 Å². The number of hydrogen-bond donors (Lipinski definition) is 2. The number of phenols is 2. The largest absolute Gasteiger partial charge is 0.506 e. The van der Waals surface area contributed by atoms with Gasteiger partial charge in [0, 0.05) is 23.2 Å². The summed E-state index contributed by atoms with van der Waals surface area (Å²) in [5, 5.41) is 21.9. The summed E-state index contributed by atoms with van der Waals surface area (Å²) in [6.07, 6.45) is 3.97. The van der Waals surface area contributed by atoms with Crippen LogP contribution in [-0.2, 0) is 6.42 Å². The third-order valence-electron chi connectivity index (χ3n) is 3.98. The number of pyridine rings is 2. The van der Waals surface area contributed by atoms with Crippen LogP contribution in [0, 0.1) is 0 Å². The molecular formula is C19H14N2O2. The molecule has 0 radical (unpaired) electrons. The minimum Gasteiger partial charge on any atom is -0.506 e. The van der Waals surface area contributed by atoms with Crippen LogP contribution in [0.5, 0.6) is 11.5 Å². The SMILES string of the molecule is Oc1cc(Cc2ccc(O)c3ncccc23)cc2cccnc12. The van der Waals surface area contributed by atoms with Gasteiger partial charge in [-0.3, -0.25) is 9.97 Å². The Balaban J connectivity index is 1.84. The highest BCUT2D eigenvalue weighted by Crippen LogP contribution is 2.30. The molecule has 0 atom stereocenters. The van der Waals surface area contributed by atoms with Crippen LogP contribution in [0.2, 0.25) is 0 Å². The van der Waals surface area contributed by atoms with Gasteiger partial charge >= 0.3 is 0 Å². The lowest BCUT2D eigenvalue weighted by atomic mass is 9.98. The zero-order valence-electron chi connectivity index (χ0n) is 12.3. The van der Waals surface area contributed by atoms with Gasteiger partial charge in [0.15, 0.2) is 0 Å². The van der Waals surface area contributed by atoms with Crippen LogP contribution in [0.25, 0.3) is 21.8 Å². The summed E-state index contributed by atoms with van der Waals surface area (Å²) in [5.41, 5.74) is 3.23. The minimum atomic E-state index is 0.176. The molecule has 0 aliphatic heterocycles. The molecule has 4 nitrogen and oxygen atoms in total. The number of phenolic OH excluding ortho intramolecular Hbond substituents is 2. The van der Waals surface area contributed by atoms with E-state index in [0.717, 1.165) is 21.9 Å². The van der Waals surface area contributed by atoms with E-state index in [2.05, 4.69) is 9.97 Å². The van der Waals surface area contributed by atoms with E-state index in [1.165, 1.54) is 0 Å². The van der Waals surface area contributed by atoms with E-state index >= 15 is 0 Å². The van der Waals surface area contributed by atoms with Gasteiger partial charge < -0.3 is 10.2 Å². The van der Waals surface area contributed by atoms with E-state index in [4.69, 9.17) is 0 Å². The molecule has 4 aromatic rings. The number of nitrogens with zero attached hydrogens (tertiary/aromatic N) is 2. The molecule has 0 amide bonds. The zero-order valence-corrected chi connectivity index (χ0v) is 12.3. The van der Waals surface area contributed by atoms with Gasteiger partial charge in [0.2, 0.25) is 0 Å². The molecule has 0 aliphatic rings. The van der Waals surface area contributed by atoms with Crippen molar-refractivity contribution < 1.29 is 10.2 Å². The fourth-order valence-electron chi connectivity index (χ4n) is 2.93. The van der Waals surface area contributed by atoms with Gasteiger partial charge in [-0.1, -0.05) is 18.2 Å². The van der Waals surface area contributed by atoms with Gasteiger partial charge in [-0.2, -0.15) is 0 Å². The molecule has 0 bridgehead atoms. The topological polar surface area (TPSA) is 66.2 Å². The van der Waals surface area contributed by atoms with Crippen molar-refractivity contribution in [2.45, 2.75) is 6.42 Å². The van der Waals surface area contributed by atoms with Crippen LogP contribution in [0.4, 0.5) is 0 Å². The molecule has 0 saturated heterocycles. The van der Waals surface area contributed by atoms with E-state index < -0.39 is 0 Å². The average molecular weight is 302 g/mol. The highest BCUT2D eigenvalue weighted by atomic mass is 16.3. The maximum absolute atomic E-state index is 10.2. The molecular weight excluding hydrogens is 288 g/mol. The van der Waals surface area contributed by atoms with Crippen molar-refractivity contribution >= 4 is 21.8 Å². The van der Waals surface area contributed by atoms with Crippen molar-refractivity contribution in [3.63, 3.8) is 0 Å². The van der Waals surface area contributed by atoms with E-state index in [9.17, 15) is 10.2 Å². The Morgan fingerprint density at radius 3 is 2.43 bits per heavy atom. The number of benzene rings is 2. The van der Waals surface area contributed by atoms with Gasteiger partial charge in [0.25, 0.3) is 0 Å². The molecule has 2 aromatic heterocycles. The molecule has 4 rings (SSSR count). The van der Waals surface area contributed by atoms with Gasteiger partial charge in [0.05, 0.1) is 0 Å². The summed E-state index contributed by atoms with van der Waals surface area (Å²) in [4.78, 5) is 8.44. The highest BCUT2D eigenvalue weighted by Gasteiger charge is 2.09. The van der Waals surface area contributed by atoms with Crippen molar-refractivity contribution in [3.8, 4) is 11.5 Å². The van der Waals surface area contributed by atoms with Crippen LogP contribution in [-0.4, -0.2) is 20.2 Å². The maximum Gasteiger partial charge on any atom is 0.142 e. The second-order valence-electron chi connectivity index (χ2n) is 5.51. The van der Waals surface area contributed by atoms with Crippen molar-refractivity contribution in [1.82, 2.24) is 9.97 Å². The van der Waals surface area contributed by atoms with Crippen LogP contribution >= 0.6 is 0 Å². The first-order chi connectivity index (χ1) is 11.2. The lowest BCUT2D eigenvalue weighted by Crippen LogP contribution is -1.92. The minimum absolute atomic E-state index is 0.176. The summed E-state index contributed by atoms with van der Waals surface area (Å²) in [6.45, 7) is 0. The number of aromatic hydroxyl groups is 2. The standard InChI is InChI=1S/C19H14N2O2/c22-16-6-5-13(15-4-2-8-21-19(15)16)9-12-10-14-3-1-7-20-18(14)17(23)11-12/h1-8,10-11,22-23H,9H2. The van der Waals surface area contributed by atoms with E-state index in [1.807, 2.05) is 36.4 Å². The first-order valence-electron chi connectivity index (χ1n) is 7.34. The molecule has 2 aromatic carbocycles. The van der Waals surface area contributed by atoms with Crippen LogP contribution < -0.4 is 0 Å². The second-order valence-corrected chi connectivity index (χ2v) is 5.51. The van der Waals surface area contributed by atoms with E-state index in [-0.39, 0.29) is 11.5 Å². The van der Waals surface area contributed by atoms with Gasteiger partial charge in [-0.25, -0.2) is 0 Å². The third kappa shape index (κ3) is 2.34. The average Bonchev–Trinajstić information content (AvgIpc) is 2.58. The Hall–Kier alpha value is -3.14. The maximum atomic E-state index is 10.2. The number of hydrogen-bond acceptors (Lipinski definition) is 4. The summed E-state index contributed by atoms with van der Waals surface area (Å²) in [7, 11) is 0. The number of aromatic nitrogens is 2. The molecule has 112 valence electrons. The Labute approximate surface area is 132 Å². The fourth-order valence-corrected chi connectivity index (χ4v) is 2.93. The molecule has 0 fully saturated rings. The predicted octanol–water partition coefficient (Wildman–Crippen LogP) is 3.79. The molecule has 2 heterocycles. The highest BCUT2D eigenvalue weighted by molar-refractivity contribution is 5.88. The Morgan fingerprint density at radius 1 is 0.783 bits per heavy atom. The Kier molecular flexibility index (Phi) is 3.08. The van der Waals surface area contributed by atoms with Crippen molar-refractivity contribution in [2.24, 2.45) is 0 Å². The van der Waals surface area contributed by atoms with Crippen LogP contribution in [0.3, 0.4) is 0 Å². The summed E-state index contributed by atoms with van der Waals surface area (Å²) >= 11 is 0. The second kappa shape index (κ2) is 5.25. The van der Waals surface area contributed by atoms with Gasteiger partial charge in [-0.05, 0) is 47.9 Å². The molecule has 0 aliphatic carbocycles. The van der Waals surface area contributed by atoms with Crippen molar-refractivity contribution in [3.05, 3.63) is 72.1 Å². The summed E-state index contributed by atoms with van der Waals surface area (Å²) in [6, 6.07) is 14.9. The molecule has 0 saturated carbocycles. The molecule has 0 spiro atoms. The van der Waals surface area contributed by atoms with Gasteiger partial charge in [0.1, 0.15) is 22.5 Å². The molecule has 0 unspecified atom stereocenters. The first kappa shape index (κ1) is 13.5. The summed E-state index contributed by atoms with van der Waals surface area (Å²) in [5.74, 6) is 0.356. The monoisotopic (exact) mass is 302 g/mol. The third-order valence-corrected chi connectivity index (χ3v) is 3.98. The lowest BCUT2D eigenvalue weighted by molar-refractivity contribution is 0.479. The zero-order chi connectivity index (χ0) is 15.8. The lowest BCUT2D eigenvalue weighted by Gasteiger charge is -2.09. The summed E-state index contributed by atoms with van der Waals surface area (Å²) < 4.78 is 0. The molecule has 23 heavy (non-hydrogen) atoms. The van der Waals surface area contributed by atoms with E-state index in [1.54, 1.807) is 24.5 Å². The Morgan fingerprint density at radius 2 is 1.57 bits per heavy atom. The van der Waals surface area contributed by atoms with Crippen molar-refractivity contribution in [1.29, 1.82) is 0 Å². The fraction of sp³-hybridized carbons (Fsp3) is 0.0526. The number of rotatable bonds is 2. The quantitative estimate of drug-likeness (QED) is 0.591. The first-order valence-corrected chi connectivity index (χ1v) is 7.34. The smallest absolute Gasteiger partial charge is 0.142 e. The Bertz CT molecular complexity index is 1030. The van der Waals surface area contributed by atoms with Gasteiger partial charge in [-0.15, -0.1) is 0 Å². The van der Waals surface area contributed by atoms with Crippen LogP contribution in [0.1, 0.15) is 11.1 Å². The molecule has 2 N–H and O–H groups in total. The van der Waals surface area contributed by atoms with Crippen LogP contribution in [0.15, 0.2) is 60.9 Å². The predicted molar refractivity (Wildman–Crippen MR) is 89.6 cm³/mol.